The van der Waals surface area contributed by atoms with Gasteiger partial charge in [-0.25, -0.2) is 9.59 Å². The molecule has 0 aliphatic carbocycles. The molecule has 0 atom stereocenters. The zero-order valence-electron chi connectivity index (χ0n) is 15.6. The molecule has 0 aliphatic heterocycles. The molecule has 0 saturated carbocycles. The standard InChI is InChI=1S/C20H18N2O6/c1-11-4-6-15-14(9-18(23)28-19(15)12(11)2)10-27-20(24)13-5-7-16(21-3)17(8-13)22(25)26/h4-9,21H,10H2,1-3H3. The van der Waals surface area contributed by atoms with Crippen LogP contribution in [-0.4, -0.2) is 17.9 Å². The fraction of sp³-hybridized carbons (Fsp3) is 0.200. The van der Waals surface area contributed by atoms with Crippen molar-refractivity contribution in [3.8, 4) is 0 Å². The number of rotatable bonds is 5. The highest BCUT2D eigenvalue weighted by atomic mass is 16.6. The smallest absolute Gasteiger partial charge is 0.338 e. The lowest BCUT2D eigenvalue weighted by molar-refractivity contribution is -0.384. The normalized spacial score (nSPS) is 10.7. The summed E-state index contributed by atoms with van der Waals surface area (Å²) in [6.07, 6.45) is 0. The number of nitro groups is 1. The van der Waals surface area contributed by atoms with Crippen molar-refractivity contribution in [3.05, 3.63) is 79.2 Å². The molecule has 0 fully saturated rings. The number of anilines is 1. The van der Waals surface area contributed by atoms with Crippen LogP contribution in [0, 0.1) is 24.0 Å². The van der Waals surface area contributed by atoms with Crippen LogP contribution in [-0.2, 0) is 11.3 Å². The number of aryl methyl sites for hydroxylation is 2. The summed E-state index contributed by atoms with van der Waals surface area (Å²) in [5.74, 6) is -0.726. The summed E-state index contributed by atoms with van der Waals surface area (Å²) < 4.78 is 10.6. The van der Waals surface area contributed by atoms with Crippen molar-refractivity contribution < 1.29 is 18.9 Å². The Morgan fingerprint density at radius 3 is 2.64 bits per heavy atom. The molecule has 144 valence electrons. The maximum atomic E-state index is 12.4. The highest BCUT2D eigenvalue weighted by molar-refractivity contribution is 5.91. The van der Waals surface area contributed by atoms with Gasteiger partial charge in [0.15, 0.2) is 0 Å². The van der Waals surface area contributed by atoms with Crippen LogP contribution in [0.3, 0.4) is 0 Å². The molecule has 0 spiro atoms. The van der Waals surface area contributed by atoms with Gasteiger partial charge >= 0.3 is 11.6 Å². The van der Waals surface area contributed by atoms with Gasteiger partial charge in [0.25, 0.3) is 5.69 Å². The van der Waals surface area contributed by atoms with Crippen molar-refractivity contribution in [1.82, 2.24) is 0 Å². The molecule has 3 aromatic rings. The second-order valence-electron chi connectivity index (χ2n) is 6.29. The van der Waals surface area contributed by atoms with Gasteiger partial charge < -0.3 is 14.5 Å². The zero-order valence-corrected chi connectivity index (χ0v) is 15.6. The maximum Gasteiger partial charge on any atom is 0.338 e. The largest absolute Gasteiger partial charge is 0.457 e. The third kappa shape index (κ3) is 3.57. The molecule has 1 N–H and O–H groups in total. The summed E-state index contributed by atoms with van der Waals surface area (Å²) in [4.78, 5) is 34.8. The molecule has 0 unspecified atom stereocenters. The highest BCUT2D eigenvalue weighted by Gasteiger charge is 2.18. The third-order valence-corrected chi connectivity index (χ3v) is 4.58. The molecule has 2 aromatic carbocycles. The molecular weight excluding hydrogens is 364 g/mol. The van der Waals surface area contributed by atoms with E-state index in [9.17, 15) is 19.7 Å². The van der Waals surface area contributed by atoms with Crippen LogP contribution in [0.5, 0.6) is 0 Å². The van der Waals surface area contributed by atoms with E-state index in [1.165, 1.54) is 18.2 Å². The summed E-state index contributed by atoms with van der Waals surface area (Å²) >= 11 is 0. The van der Waals surface area contributed by atoms with Crippen molar-refractivity contribution in [1.29, 1.82) is 0 Å². The quantitative estimate of drug-likeness (QED) is 0.310. The maximum absolute atomic E-state index is 12.4. The number of nitrogens with one attached hydrogen (secondary N) is 1. The van der Waals surface area contributed by atoms with Gasteiger partial charge in [-0.05, 0) is 37.1 Å². The Kier molecular flexibility index (Phi) is 5.12. The molecule has 0 saturated heterocycles. The fourth-order valence-corrected chi connectivity index (χ4v) is 2.89. The van der Waals surface area contributed by atoms with Crippen LogP contribution in [0.15, 0.2) is 45.6 Å². The zero-order chi connectivity index (χ0) is 20.4. The van der Waals surface area contributed by atoms with E-state index in [2.05, 4.69) is 5.32 Å². The third-order valence-electron chi connectivity index (χ3n) is 4.58. The number of hydrogen-bond acceptors (Lipinski definition) is 7. The fourth-order valence-electron chi connectivity index (χ4n) is 2.89. The first-order chi connectivity index (χ1) is 13.3. The minimum absolute atomic E-state index is 0.0463. The molecule has 1 heterocycles. The average Bonchev–Trinajstić information content (AvgIpc) is 2.68. The van der Waals surface area contributed by atoms with Crippen molar-refractivity contribution in [2.75, 3.05) is 12.4 Å². The molecule has 8 nitrogen and oxygen atoms in total. The summed E-state index contributed by atoms with van der Waals surface area (Å²) in [5, 5.41) is 14.5. The molecule has 1 aromatic heterocycles. The Morgan fingerprint density at radius 2 is 1.96 bits per heavy atom. The van der Waals surface area contributed by atoms with Gasteiger partial charge in [0.2, 0.25) is 0 Å². The molecule has 8 heteroatoms. The Bertz CT molecular complexity index is 1150. The first kappa shape index (κ1) is 19.1. The summed E-state index contributed by atoms with van der Waals surface area (Å²) in [6, 6.07) is 8.99. The van der Waals surface area contributed by atoms with Crippen molar-refractivity contribution in [2.24, 2.45) is 0 Å². The van der Waals surface area contributed by atoms with E-state index < -0.39 is 16.5 Å². The number of nitrogens with zero attached hydrogens (tertiary/aromatic N) is 1. The number of carbonyl (C=O) groups excluding carboxylic acids is 1. The monoisotopic (exact) mass is 382 g/mol. The van der Waals surface area contributed by atoms with Crippen LogP contribution in [0.2, 0.25) is 0 Å². The summed E-state index contributed by atoms with van der Waals surface area (Å²) in [7, 11) is 1.55. The number of fused-ring (bicyclic) bond motifs is 1. The van der Waals surface area contributed by atoms with E-state index >= 15 is 0 Å². The highest BCUT2D eigenvalue weighted by Crippen LogP contribution is 2.26. The molecular formula is C20H18N2O6. The van der Waals surface area contributed by atoms with E-state index in [-0.39, 0.29) is 17.9 Å². The second-order valence-corrected chi connectivity index (χ2v) is 6.29. The van der Waals surface area contributed by atoms with Gasteiger partial charge in [-0.1, -0.05) is 12.1 Å². The van der Waals surface area contributed by atoms with Crippen LogP contribution in [0.25, 0.3) is 11.0 Å². The average molecular weight is 382 g/mol. The SMILES string of the molecule is CNc1ccc(C(=O)OCc2cc(=O)oc3c(C)c(C)ccc23)cc1[N+](=O)[O-]. The van der Waals surface area contributed by atoms with Crippen molar-refractivity contribution in [2.45, 2.75) is 20.5 Å². The molecule has 0 aliphatic rings. The minimum Gasteiger partial charge on any atom is -0.457 e. The van der Waals surface area contributed by atoms with E-state index in [0.717, 1.165) is 17.2 Å². The van der Waals surface area contributed by atoms with Gasteiger partial charge in [0.1, 0.15) is 17.9 Å². The van der Waals surface area contributed by atoms with Gasteiger partial charge in [-0.15, -0.1) is 0 Å². The summed E-state index contributed by atoms with van der Waals surface area (Å²) in [6.45, 7) is 3.59. The number of ether oxygens (including phenoxy) is 1. The minimum atomic E-state index is -0.726. The van der Waals surface area contributed by atoms with Crippen LogP contribution >= 0.6 is 0 Å². The molecule has 0 amide bonds. The number of hydrogen-bond donors (Lipinski definition) is 1. The lowest BCUT2D eigenvalue weighted by atomic mass is 10.0. The van der Waals surface area contributed by atoms with Crippen molar-refractivity contribution >= 4 is 28.3 Å². The lowest BCUT2D eigenvalue weighted by Crippen LogP contribution is -2.09. The van der Waals surface area contributed by atoms with Crippen LogP contribution < -0.4 is 10.9 Å². The van der Waals surface area contributed by atoms with Gasteiger partial charge in [-0.2, -0.15) is 0 Å². The number of benzene rings is 2. The van der Waals surface area contributed by atoms with Crippen LogP contribution in [0.4, 0.5) is 11.4 Å². The van der Waals surface area contributed by atoms with E-state index in [0.29, 0.717) is 22.2 Å². The Hall–Kier alpha value is -3.68. The molecule has 0 bridgehead atoms. The predicted molar refractivity (Wildman–Crippen MR) is 104 cm³/mol. The molecule has 3 rings (SSSR count). The van der Waals surface area contributed by atoms with E-state index in [1.54, 1.807) is 13.1 Å². The number of nitro benzene ring substituents is 1. The topological polar surface area (TPSA) is 112 Å². The molecule has 0 radical (unpaired) electrons. The first-order valence-corrected chi connectivity index (χ1v) is 8.48. The van der Waals surface area contributed by atoms with Gasteiger partial charge in [0, 0.05) is 30.1 Å². The second kappa shape index (κ2) is 7.51. The predicted octanol–water partition coefficient (Wildman–Crippen LogP) is 3.72. The lowest BCUT2D eigenvalue weighted by Gasteiger charge is -2.10. The van der Waals surface area contributed by atoms with Gasteiger partial charge in [0.05, 0.1) is 10.5 Å². The number of esters is 1. The van der Waals surface area contributed by atoms with E-state index in [1.807, 2.05) is 19.9 Å². The first-order valence-electron chi connectivity index (χ1n) is 8.48. The van der Waals surface area contributed by atoms with Crippen molar-refractivity contribution in [3.63, 3.8) is 0 Å². The Balaban J connectivity index is 1.90. The Morgan fingerprint density at radius 1 is 1.21 bits per heavy atom. The molecule has 28 heavy (non-hydrogen) atoms. The van der Waals surface area contributed by atoms with Crippen LogP contribution in [0.1, 0.15) is 27.0 Å². The Labute approximate surface area is 159 Å². The van der Waals surface area contributed by atoms with E-state index in [4.69, 9.17) is 9.15 Å². The number of carbonyl (C=O) groups is 1. The van der Waals surface area contributed by atoms with Gasteiger partial charge in [-0.3, -0.25) is 10.1 Å². The summed E-state index contributed by atoms with van der Waals surface area (Å²) in [5.41, 5.74) is 2.33.